The van der Waals surface area contributed by atoms with E-state index in [1.165, 1.54) is 18.3 Å². The Hall–Kier alpha value is -2.96. The van der Waals surface area contributed by atoms with Gasteiger partial charge in [-0.2, -0.15) is 0 Å². The van der Waals surface area contributed by atoms with E-state index in [2.05, 4.69) is 10.3 Å². The Morgan fingerprint density at radius 3 is 2.71 bits per heavy atom. The Kier molecular flexibility index (Phi) is 6.23. The molecule has 7 heteroatoms. The van der Waals surface area contributed by atoms with Gasteiger partial charge in [0.2, 0.25) is 5.43 Å². The van der Waals surface area contributed by atoms with Gasteiger partial charge in [0.25, 0.3) is 5.91 Å². The van der Waals surface area contributed by atoms with Crippen LogP contribution >= 0.6 is 11.6 Å². The van der Waals surface area contributed by atoms with Gasteiger partial charge in [-0.25, -0.2) is 4.39 Å². The van der Waals surface area contributed by atoms with Crippen molar-refractivity contribution in [1.29, 1.82) is 0 Å². The molecule has 3 rings (SSSR count). The summed E-state index contributed by atoms with van der Waals surface area (Å²) in [5, 5.41) is 12.2. The second-order valence-electron chi connectivity index (χ2n) is 6.18. The van der Waals surface area contributed by atoms with Crippen LogP contribution in [0.25, 0.3) is 17.0 Å². The van der Waals surface area contributed by atoms with E-state index in [1.54, 1.807) is 36.4 Å². The zero-order valence-corrected chi connectivity index (χ0v) is 15.6. The summed E-state index contributed by atoms with van der Waals surface area (Å²) < 4.78 is 14.3. The van der Waals surface area contributed by atoms with E-state index in [1.807, 2.05) is 0 Å². The zero-order valence-electron chi connectivity index (χ0n) is 14.8. The first-order valence-corrected chi connectivity index (χ1v) is 9.02. The maximum absolute atomic E-state index is 14.3. The first-order chi connectivity index (χ1) is 13.5. The number of carbonyl (C=O) groups is 1. The molecule has 0 radical (unpaired) electrons. The van der Waals surface area contributed by atoms with Gasteiger partial charge in [0, 0.05) is 29.8 Å². The molecule has 5 nitrogen and oxygen atoms in total. The van der Waals surface area contributed by atoms with Crippen molar-refractivity contribution in [3.63, 3.8) is 0 Å². The molecule has 0 aliphatic rings. The predicted molar refractivity (Wildman–Crippen MR) is 108 cm³/mol. The van der Waals surface area contributed by atoms with Gasteiger partial charge >= 0.3 is 0 Å². The highest BCUT2D eigenvalue weighted by Gasteiger charge is 2.15. The normalized spacial score (nSPS) is 11.2. The van der Waals surface area contributed by atoms with Crippen molar-refractivity contribution in [1.82, 2.24) is 10.3 Å². The van der Waals surface area contributed by atoms with Crippen LogP contribution in [0, 0.1) is 5.82 Å². The summed E-state index contributed by atoms with van der Waals surface area (Å²) in [6.45, 7) is 0.205. The number of aliphatic hydroxyl groups is 1. The Morgan fingerprint density at radius 2 is 2.00 bits per heavy atom. The van der Waals surface area contributed by atoms with Gasteiger partial charge in [-0.1, -0.05) is 35.9 Å². The Bertz CT molecular complexity index is 1090. The molecule has 1 amide bonds. The summed E-state index contributed by atoms with van der Waals surface area (Å²) in [4.78, 5) is 27.9. The predicted octanol–water partition coefficient (Wildman–Crippen LogP) is 3.65. The third-order valence-electron chi connectivity index (χ3n) is 4.18. The number of benzene rings is 2. The average molecular weight is 401 g/mol. The minimum atomic E-state index is -0.591. The molecule has 28 heavy (non-hydrogen) atoms. The van der Waals surface area contributed by atoms with Gasteiger partial charge in [-0.3, -0.25) is 9.59 Å². The van der Waals surface area contributed by atoms with Crippen LogP contribution in [0.3, 0.4) is 0 Å². The largest absolute Gasteiger partial charge is 0.396 e. The second kappa shape index (κ2) is 8.82. The van der Waals surface area contributed by atoms with Crippen LogP contribution in [0.2, 0.25) is 5.02 Å². The molecule has 0 saturated heterocycles. The van der Waals surface area contributed by atoms with Gasteiger partial charge in [-0.05, 0) is 41.8 Å². The molecule has 144 valence electrons. The van der Waals surface area contributed by atoms with Crippen molar-refractivity contribution in [3.05, 3.63) is 86.4 Å². The molecule has 0 spiro atoms. The van der Waals surface area contributed by atoms with Crippen LogP contribution in [0.15, 0.2) is 53.5 Å². The molecule has 3 aromatic rings. The minimum absolute atomic E-state index is 0.0227. The van der Waals surface area contributed by atoms with Gasteiger partial charge < -0.3 is 15.4 Å². The van der Waals surface area contributed by atoms with E-state index < -0.39 is 17.2 Å². The van der Waals surface area contributed by atoms with Crippen LogP contribution in [-0.4, -0.2) is 22.6 Å². The van der Waals surface area contributed by atoms with Crippen molar-refractivity contribution >= 4 is 34.5 Å². The quantitative estimate of drug-likeness (QED) is 0.590. The van der Waals surface area contributed by atoms with E-state index in [9.17, 15) is 14.0 Å². The fourth-order valence-electron chi connectivity index (χ4n) is 2.75. The molecule has 0 bridgehead atoms. The Labute approximate surface area is 165 Å². The van der Waals surface area contributed by atoms with Crippen molar-refractivity contribution in [2.45, 2.75) is 13.0 Å². The summed E-state index contributed by atoms with van der Waals surface area (Å²) in [6, 6.07) is 9.76. The van der Waals surface area contributed by atoms with Crippen molar-refractivity contribution < 1.29 is 14.3 Å². The molecule has 0 saturated carbocycles. The van der Waals surface area contributed by atoms with Gasteiger partial charge in [-0.15, -0.1) is 0 Å². The van der Waals surface area contributed by atoms with E-state index in [0.717, 1.165) is 5.56 Å². The number of aromatic nitrogens is 1. The fourth-order valence-corrected chi connectivity index (χ4v) is 2.87. The molecule has 0 fully saturated rings. The summed E-state index contributed by atoms with van der Waals surface area (Å²) in [6.07, 6.45) is 4.93. The van der Waals surface area contributed by atoms with E-state index in [0.29, 0.717) is 17.0 Å². The molecule has 1 aromatic heterocycles. The number of rotatable bonds is 6. The van der Waals surface area contributed by atoms with Gasteiger partial charge in [0.15, 0.2) is 0 Å². The molecular weight excluding hydrogens is 383 g/mol. The number of halogens is 2. The molecule has 3 N–H and O–H groups in total. The summed E-state index contributed by atoms with van der Waals surface area (Å²) >= 11 is 5.83. The number of pyridine rings is 1. The number of nitrogens with one attached hydrogen (secondary N) is 2. The first kappa shape index (κ1) is 19.8. The number of H-pyrrole nitrogens is 1. The van der Waals surface area contributed by atoms with Crippen LogP contribution in [-0.2, 0) is 6.54 Å². The monoisotopic (exact) mass is 400 g/mol. The van der Waals surface area contributed by atoms with Crippen molar-refractivity contribution in [2.24, 2.45) is 0 Å². The highest BCUT2D eigenvalue weighted by Crippen LogP contribution is 2.17. The van der Waals surface area contributed by atoms with Crippen LogP contribution < -0.4 is 10.7 Å². The molecule has 0 atom stereocenters. The summed E-state index contributed by atoms with van der Waals surface area (Å²) in [5.41, 5.74) is 0.689. The molecule has 0 aliphatic heterocycles. The third-order valence-corrected chi connectivity index (χ3v) is 4.43. The number of amides is 1. The summed E-state index contributed by atoms with van der Waals surface area (Å²) in [5.74, 6) is -1.15. The van der Waals surface area contributed by atoms with Crippen LogP contribution in [0.5, 0.6) is 0 Å². The maximum atomic E-state index is 14.3. The lowest BCUT2D eigenvalue weighted by Gasteiger charge is -2.07. The SMILES string of the molecule is O=C(NCc1ccc(Cl)cc1)c1c[nH]c2c(F)cc(/C=C\CCO)cc2c1=O. The van der Waals surface area contributed by atoms with Gasteiger partial charge in [0.1, 0.15) is 11.4 Å². The number of aliphatic hydroxyl groups excluding tert-OH is 1. The standard InChI is InChI=1S/C21H18ClFN2O3/c22-15-6-4-13(5-7-15)11-25-21(28)17-12-24-19-16(20(17)27)9-14(10-18(19)23)3-1-2-8-26/h1,3-7,9-10,12,26H,2,8,11H2,(H,24,27)(H,25,28)/b3-1-. The topological polar surface area (TPSA) is 82.2 Å². The van der Waals surface area contributed by atoms with Gasteiger partial charge in [0.05, 0.1) is 5.52 Å². The number of carbonyl (C=O) groups excluding carboxylic acids is 1. The maximum Gasteiger partial charge on any atom is 0.257 e. The second-order valence-corrected chi connectivity index (χ2v) is 6.62. The molecular formula is C21H18ClFN2O3. The zero-order chi connectivity index (χ0) is 20.1. The Morgan fingerprint density at radius 1 is 1.25 bits per heavy atom. The number of hydrogen-bond donors (Lipinski definition) is 3. The highest BCUT2D eigenvalue weighted by atomic mass is 35.5. The lowest BCUT2D eigenvalue weighted by molar-refractivity contribution is 0.0949. The van der Waals surface area contributed by atoms with Crippen molar-refractivity contribution in [2.75, 3.05) is 6.61 Å². The van der Waals surface area contributed by atoms with E-state index >= 15 is 0 Å². The lowest BCUT2D eigenvalue weighted by Crippen LogP contribution is -2.28. The molecule has 0 aliphatic carbocycles. The molecule has 1 heterocycles. The number of aromatic amines is 1. The van der Waals surface area contributed by atoms with E-state index in [-0.39, 0.29) is 29.6 Å². The number of fused-ring (bicyclic) bond motifs is 1. The molecule has 0 unspecified atom stereocenters. The third kappa shape index (κ3) is 4.47. The summed E-state index contributed by atoms with van der Waals surface area (Å²) in [7, 11) is 0. The minimum Gasteiger partial charge on any atom is -0.396 e. The van der Waals surface area contributed by atoms with Crippen LogP contribution in [0.4, 0.5) is 4.39 Å². The first-order valence-electron chi connectivity index (χ1n) is 8.64. The smallest absolute Gasteiger partial charge is 0.257 e. The highest BCUT2D eigenvalue weighted by molar-refractivity contribution is 6.30. The van der Waals surface area contributed by atoms with Crippen LogP contribution in [0.1, 0.15) is 27.9 Å². The van der Waals surface area contributed by atoms with E-state index in [4.69, 9.17) is 16.7 Å². The number of hydrogen-bond acceptors (Lipinski definition) is 3. The lowest BCUT2D eigenvalue weighted by atomic mass is 10.1. The van der Waals surface area contributed by atoms with Crippen molar-refractivity contribution in [3.8, 4) is 0 Å². The average Bonchev–Trinajstić information content (AvgIpc) is 2.68. The fraction of sp³-hybridized carbons (Fsp3) is 0.143. The molecule has 2 aromatic carbocycles. The Balaban J connectivity index is 1.88.